The molecule has 3 aromatic rings. The zero-order chi connectivity index (χ0) is 19.5. The molecule has 7 nitrogen and oxygen atoms in total. The highest BCUT2D eigenvalue weighted by atomic mass is 32.1. The van der Waals surface area contributed by atoms with Gasteiger partial charge in [-0.2, -0.15) is 0 Å². The Morgan fingerprint density at radius 3 is 2.93 bits per heavy atom. The maximum atomic E-state index is 13.0. The van der Waals surface area contributed by atoms with Gasteiger partial charge in [0.15, 0.2) is 5.76 Å². The number of H-pyrrole nitrogens is 1. The van der Waals surface area contributed by atoms with Crippen LogP contribution in [-0.2, 0) is 11.3 Å². The average molecular weight is 395 g/mol. The highest BCUT2D eigenvalue weighted by Gasteiger charge is 2.43. The van der Waals surface area contributed by atoms with Gasteiger partial charge in [-0.15, -0.1) is 11.3 Å². The van der Waals surface area contributed by atoms with Crippen LogP contribution >= 0.6 is 11.3 Å². The third-order valence-electron chi connectivity index (χ3n) is 4.71. The smallest absolute Gasteiger partial charge is 0.290 e. The maximum absolute atomic E-state index is 13.0. The molecule has 4 rings (SSSR count). The number of nitrogens with one attached hydrogen (secondary N) is 1. The molecule has 0 saturated heterocycles. The summed E-state index contributed by atoms with van der Waals surface area (Å²) in [6.07, 6.45) is 9.52. The van der Waals surface area contributed by atoms with E-state index in [1.54, 1.807) is 40.9 Å². The number of thiophene rings is 1. The van der Waals surface area contributed by atoms with Gasteiger partial charge in [0.1, 0.15) is 12.4 Å². The number of ketones is 1. The van der Waals surface area contributed by atoms with Crippen LogP contribution < -0.4 is 4.57 Å². The van der Waals surface area contributed by atoms with Gasteiger partial charge in [0.2, 0.25) is 12.1 Å². The monoisotopic (exact) mass is 395 g/mol. The molecule has 2 N–H and O–H groups in total. The molecule has 0 spiro atoms. The zero-order valence-electron chi connectivity index (χ0n) is 15.0. The molecule has 0 fully saturated rings. The fraction of sp³-hybridized carbons (Fsp3) is 0.200. The number of amides is 1. The first kappa shape index (κ1) is 18.1. The van der Waals surface area contributed by atoms with Crippen molar-refractivity contribution < 1.29 is 19.3 Å². The number of aliphatic hydroxyl groups excluding tert-OH is 1. The molecular weight excluding hydrogens is 376 g/mol. The first-order chi connectivity index (χ1) is 13.7. The molecular formula is C20H19N4O3S+. The van der Waals surface area contributed by atoms with Crippen molar-refractivity contribution >= 4 is 23.0 Å². The number of pyridine rings is 1. The van der Waals surface area contributed by atoms with Crippen LogP contribution in [-0.4, -0.2) is 38.2 Å². The van der Waals surface area contributed by atoms with Crippen molar-refractivity contribution in [2.24, 2.45) is 0 Å². The minimum atomic E-state index is -0.646. The lowest BCUT2D eigenvalue weighted by molar-refractivity contribution is -0.695. The predicted octanol–water partition coefficient (Wildman–Crippen LogP) is 2.43. The van der Waals surface area contributed by atoms with E-state index >= 15 is 0 Å². The van der Waals surface area contributed by atoms with Crippen molar-refractivity contribution in [2.75, 3.05) is 6.54 Å². The highest BCUT2D eigenvalue weighted by molar-refractivity contribution is 7.12. The topological polar surface area (TPSA) is 90.2 Å². The molecule has 0 saturated carbocycles. The minimum absolute atomic E-state index is 0.120. The van der Waals surface area contributed by atoms with E-state index in [4.69, 9.17) is 0 Å². The number of hydrogen-bond acceptors (Lipinski definition) is 5. The standard InChI is InChI=1S/C20H18N4O3S/c25-18(15-5-2-11-28-15)16-17(14-4-1-6-21-12-14)24(20(27)19(16)26)9-3-8-23-10-7-22-13-23/h1-2,4-7,10-13,17H,3,8-9H2,(H,25,26)/p+1. The van der Waals surface area contributed by atoms with Crippen LogP contribution in [0.4, 0.5) is 0 Å². The summed E-state index contributed by atoms with van der Waals surface area (Å²) in [5.74, 6) is -1.31. The largest absolute Gasteiger partial charge is 0.503 e. The quantitative estimate of drug-likeness (QED) is 0.475. The Morgan fingerprint density at radius 1 is 1.36 bits per heavy atom. The van der Waals surface area contributed by atoms with E-state index in [2.05, 4.69) is 9.97 Å². The summed E-state index contributed by atoms with van der Waals surface area (Å²) >= 11 is 1.29. The maximum Gasteiger partial charge on any atom is 0.290 e. The summed E-state index contributed by atoms with van der Waals surface area (Å²) in [6.45, 7) is 1.11. The second kappa shape index (κ2) is 7.77. The van der Waals surface area contributed by atoms with E-state index in [9.17, 15) is 14.7 Å². The van der Waals surface area contributed by atoms with Crippen LogP contribution in [0.15, 0.2) is 72.1 Å². The van der Waals surface area contributed by atoms with Gasteiger partial charge in [-0.3, -0.25) is 19.6 Å². The van der Waals surface area contributed by atoms with Gasteiger partial charge in [-0.05, 0) is 23.1 Å². The van der Waals surface area contributed by atoms with Crippen molar-refractivity contribution in [3.8, 4) is 0 Å². The molecule has 1 unspecified atom stereocenters. The lowest BCUT2D eigenvalue weighted by Gasteiger charge is -2.26. The van der Waals surface area contributed by atoms with Gasteiger partial charge in [0.25, 0.3) is 5.91 Å². The number of rotatable bonds is 7. The Bertz CT molecular complexity index is 998. The van der Waals surface area contributed by atoms with Gasteiger partial charge in [0.05, 0.1) is 23.0 Å². The zero-order valence-corrected chi connectivity index (χ0v) is 15.8. The van der Waals surface area contributed by atoms with E-state index in [1.807, 2.05) is 29.4 Å². The first-order valence-electron chi connectivity index (χ1n) is 8.91. The molecule has 1 amide bonds. The minimum Gasteiger partial charge on any atom is -0.503 e. The predicted molar refractivity (Wildman–Crippen MR) is 103 cm³/mol. The number of imidazole rings is 1. The molecule has 4 heterocycles. The fourth-order valence-corrected chi connectivity index (χ4v) is 4.10. The van der Waals surface area contributed by atoms with E-state index in [0.29, 0.717) is 30.0 Å². The van der Waals surface area contributed by atoms with E-state index in [-0.39, 0.29) is 11.4 Å². The fourth-order valence-electron chi connectivity index (χ4n) is 3.42. The van der Waals surface area contributed by atoms with Crippen LogP contribution in [0.3, 0.4) is 0 Å². The van der Waals surface area contributed by atoms with Crippen molar-refractivity contribution in [1.29, 1.82) is 0 Å². The molecule has 1 atom stereocenters. The Hall–Kier alpha value is -3.26. The first-order valence-corrected chi connectivity index (χ1v) is 9.79. The van der Waals surface area contributed by atoms with Crippen LogP contribution in [0.5, 0.6) is 0 Å². The van der Waals surface area contributed by atoms with E-state index in [0.717, 1.165) is 0 Å². The third kappa shape index (κ3) is 3.34. The molecule has 1 aliphatic heterocycles. The molecule has 8 heteroatoms. The lowest BCUT2D eigenvalue weighted by atomic mass is 9.96. The average Bonchev–Trinajstić information content (AvgIpc) is 3.46. The van der Waals surface area contributed by atoms with E-state index in [1.165, 1.54) is 11.3 Å². The van der Waals surface area contributed by atoms with Gasteiger partial charge in [-0.25, -0.2) is 4.57 Å². The number of aromatic nitrogens is 3. The van der Waals surface area contributed by atoms with Gasteiger partial charge in [0, 0.05) is 25.4 Å². The van der Waals surface area contributed by atoms with Crippen molar-refractivity contribution in [1.82, 2.24) is 14.9 Å². The van der Waals surface area contributed by atoms with Crippen LogP contribution in [0.1, 0.15) is 27.7 Å². The van der Waals surface area contributed by atoms with Gasteiger partial charge >= 0.3 is 0 Å². The lowest BCUT2D eigenvalue weighted by Crippen LogP contribution is -2.36. The summed E-state index contributed by atoms with van der Waals surface area (Å²) in [5, 5.41) is 12.4. The van der Waals surface area contributed by atoms with Crippen molar-refractivity contribution in [3.05, 3.63) is 82.5 Å². The number of carbonyl (C=O) groups is 2. The summed E-state index contributed by atoms with van der Waals surface area (Å²) in [7, 11) is 0. The Morgan fingerprint density at radius 2 is 2.25 bits per heavy atom. The molecule has 28 heavy (non-hydrogen) atoms. The summed E-state index contributed by atoms with van der Waals surface area (Å²) in [6, 6.07) is 6.41. The molecule has 0 aromatic carbocycles. The summed E-state index contributed by atoms with van der Waals surface area (Å²) < 4.78 is 1.98. The van der Waals surface area contributed by atoms with Crippen LogP contribution in [0.25, 0.3) is 0 Å². The molecule has 3 aromatic heterocycles. The third-order valence-corrected chi connectivity index (χ3v) is 5.58. The number of carbonyl (C=O) groups excluding carboxylic acids is 2. The number of hydrogen-bond donors (Lipinski definition) is 2. The molecule has 1 aliphatic rings. The van der Waals surface area contributed by atoms with Crippen molar-refractivity contribution in [2.45, 2.75) is 19.0 Å². The summed E-state index contributed by atoms with van der Waals surface area (Å²) in [4.78, 5) is 35.0. The number of aryl methyl sites for hydroxylation is 1. The molecule has 142 valence electrons. The second-order valence-electron chi connectivity index (χ2n) is 6.46. The van der Waals surface area contributed by atoms with Crippen molar-refractivity contribution in [3.63, 3.8) is 0 Å². The number of nitrogens with zero attached hydrogens (tertiary/aromatic N) is 3. The molecule has 0 radical (unpaired) electrons. The number of aromatic amines is 1. The van der Waals surface area contributed by atoms with Gasteiger partial charge < -0.3 is 10.0 Å². The Kier molecular flexibility index (Phi) is 5.03. The Labute approximate surface area is 165 Å². The number of Topliss-reactive ketones (excluding diaryl/α,β-unsaturated/α-hetero) is 1. The van der Waals surface area contributed by atoms with Gasteiger partial charge in [-0.1, -0.05) is 12.1 Å². The molecule has 0 aliphatic carbocycles. The summed E-state index contributed by atoms with van der Waals surface area (Å²) in [5.41, 5.74) is 0.823. The van der Waals surface area contributed by atoms with E-state index < -0.39 is 17.7 Å². The SMILES string of the molecule is O=C(C1=C(O)C(=O)N(CCC[n+]2cc[nH]c2)C1c1cccnc1)c1cccs1. The number of aliphatic hydroxyl groups is 1. The highest BCUT2D eigenvalue weighted by Crippen LogP contribution is 2.39. The van der Waals surface area contributed by atoms with Crippen LogP contribution in [0.2, 0.25) is 0 Å². The van der Waals surface area contributed by atoms with Crippen LogP contribution in [0, 0.1) is 0 Å². The molecule has 0 bridgehead atoms. The Balaban J connectivity index is 1.64. The second-order valence-corrected chi connectivity index (χ2v) is 7.41. The normalized spacial score (nSPS) is 16.8.